The second kappa shape index (κ2) is 11.7. The van der Waals surface area contributed by atoms with Crippen LogP contribution in [-0.2, 0) is 14.3 Å². The summed E-state index contributed by atoms with van der Waals surface area (Å²) >= 11 is 0. The average molecular weight is 595 g/mol. The second-order valence-corrected chi connectivity index (χ2v) is 9.80. The minimum Gasteiger partial charge on any atom is -0.508 e. The smallest absolute Gasteiger partial charge is 0.331 e. The maximum absolute atomic E-state index is 13.1. The number of esters is 1. The molecule has 13 nitrogen and oxygen atoms in total. The summed E-state index contributed by atoms with van der Waals surface area (Å²) in [7, 11) is 0. The van der Waals surface area contributed by atoms with E-state index < -0.39 is 82.5 Å². The van der Waals surface area contributed by atoms with Crippen molar-refractivity contribution in [2.45, 2.75) is 30.5 Å². The highest BCUT2D eigenvalue weighted by Gasteiger charge is 2.49. The van der Waals surface area contributed by atoms with Gasteiger partial charge in [-0.05, 0) is 42.0 Å². The number of carbonyl (C=O) groups excluding carboxylic acids is 1. The van der Waals surface area contributed by atoms with E-state index in [1.165, 1.54) is 36.4 Å². The molecule has 1 aliphatic heterocycles. The molecule has 5 atom stereocenters. The SMILES string of the molecule is O=C(/C=C/c1ccc(O)cc1)OC1[C@@H](O)C(O)[C@@H](CO)O[C@H]1c1c(O)cc(O)c2c(=O)cc(-c3ccc(O)c(O)c3)oc12. The molecule has 8 N–H and O–H groups in total. The molecule has 43 heavy (non-hydrogen) atoms. The molecular weight excluding hydrogens is 568 g/mol. The van der Waals surface area contributed by atoms with Gasteiger partial charge in [0.2, 0.25) is 0 Å². The first-order valence-corrected chi connectivity index (χ1v) is 12.8. The third kappa shape index (κ3) is 5.69. The fourth-order valence-corrected chi connectivity index (χ4v) is 4.79. The molecule has 2 unspecified atom stereocenters. The molecule has 5 rings (SSSR count). The lowest BCUT2D eigenvalue weighted by Crippen LogP contribution is -2.56. The number of aliphatic hydroxyl groups excluding tert-OH is 3. The van der Waals surface area contributed by atoms with Gasteiger partial charge in [-0.1, -0.05) is 12.1 Å². The van der Waals surface area contributed by atoms with Crippen molar-refractivity contribution < 1.29 is 59.5 Å². The van der Waals surface area contributed by atoms with Crippen LogP contribution in [0.4, 0.5) is 0 Å². The van der Waals surface area contributed by atoms with Gasteiger partial charge in [0.1, 0.15) is 52.8 Å². The van der Waals surface area contributed by atoms with Crippen molar-refractivity contribution in [2.24, 2.45) is 0 Å². The van der Waals surface area contributed by atoms with Crippen LogP contribution in [0.15, 0.2) is 69.9 Å². The summed E-state index contributed by atoms with van der Waals surface area (Å²) < 4.78 is 17.1. The van der Waals surface area contributed by atoms with Crippen LogP contribution in [0.2, 0.25) is 0 Å². The number of aliphatic hydroxyl groups is 3. The van der Waals surface area contributed by atoms with Crippen molar-refractivity contribution >= 4 is 23.0 Å². The number of rotatable bonds is 6. The zero-order chi connectivity index (χ0) is 31.0. The van der Waals surface area contributed by atoms with Crippen LogP contribution in [0.5, 0.6) is 28.7 Å². The lowest BCUT2D eigenvalue weighted by atomic mass is 9.89. The van der Waals surface area contributed by atoms with Gasteiger partial charge >= 0.3 is 5.97 Å². The molecule has 0 amide bonds. The fourth-order valence-electron chi connectivity index (χ4n) is 4.79. The largest absolute Gasteiger partial charge is 0.508 e. The number of phenols is 5. The molecule has 1 aliphatic rings. The van der Waals surface area contributed by atoms with E-state index in [4.69, 9.17) is 13.9 Å². The quantitative estimate of drug-likeness (QED) is 0.0905. The Kier molecular flexibility index (Phi) is 7.98. The minimum absolute atomic E-state index is 0.00965. The van der Waals surface area contributed by atoms with Gasteiger partial charge in [0.25, 0.3) is 0 Å². The van der Waals surface area contributed by atoms with E-state index in [1.54, 1.807) is 0 Å². The maximum Gasteiger partial charge on any atom is 0.331 e. The van der Waals surface area contributed by atoms with Crippen molar-refractivity contribution in [3.63, 3.8) is 0 Å². The molecule has 0 spiro atoms. The average Bonchev–Trinajstić information content (AvgIpc) is 2.97. The van der Waals surface area contributed by atoms with Crippen LogP contribution >= 0.6 is 0 Å². The van der Waals surface area contributed by atoms with Crippen molar-refractivity contribution in [1.82, 2.24) is 0 Å². The molecular formula is C30H26O13. The fraction of sp³-hybridized carbons (Fsp3) is 0.200. The Morgan fingerprint density at radius 3 is 2.26 bits per heavy atom. The highest BCUT2D eigenvalue weighted by Crippen LogP contribution is 2.45. The third-order valence-electron chi connectivity index (χ3n) is 6.97. The summed E-state index contributed by atoms with van der Waals surface area (Å²) in [4.78, 5) is 25.9. The van der Waals surface area contributed by atoms with E-state index in [1.807, 2.05) is 0 Å². The molecule has 0 bridgehead atoms. The molecule has 13 heteroatoms. The zero-order valence-electron chi connectivity index (χ0n) is 22.1. The van der Waals surface area contributed by atoms with Crippen LogP contribution in [-0.4, -0.2) is 77.8 Å². The van der Waals surface area contributed by atoms with E-state index in [-0.39, 0.29) is 22.6 Å². The molecule has 0 aliphatic carbocycles. The molecule has 2 heterocycles. The van der Waals surface area contributed by atoms with Crippen LogP contribution in [0, 0.1) is 0 Å². The lowest BCUT2D eigenvalue weighted by Gasteiger charge is -2.41. The Bertz CT molecular complexity index is 1760. The van der Waals surface area contributed by atoms with Gasteiger partial charge in [0.05, 0.1) is 12.2 Å². The monoisotopic (exact) mass is 594 g/mol. The molecule has 1 aromatic heterocycles. The van der Waals surface area contributed by atoms with E-state index in [2.05, 4.69) is 0 Å². The Balaban J connectivity index is 1.62. The number of fused-ring (bicyclic) bond motifs is 1. The first-order chi connectivity index (χ1) is 20.5. The Morgan fingerprint density at radius 2 is 1.58 bits per heavy atom. The number of aromatic hydroxyl groups is 5. The van der Waals surface area contributed by atoms with E-state index in [0.29, 0.717) is 5.56 Å². The minimum atomic E-state index is -1.87. The highest BCUT2D eigenvalue weighted by molar-refractivity contribution is 5.90. The third-order valence-corrected chi connectivity index (χ3v) is 6.97. The van der Waals surface area contributed by atoms with Crippen molar-refractivity contribution in [2.75, 3.05) is 6.61 Å². The molecule has 1 fully saturated rings. The molecule has 0 radical (unpaired) electrons. The van der Waals surface area contributed by atoms with Gasteiger partial charge in [-0.3, -0.25) is 4.79 Å². The van der Waals surface area contributed by atoms with Crippen LogP contribution < -0.4 is 5.43 Å². The van der Waals surface area contributed by atoms with Gasteiger partial charge in [0.15, 0.2) is 28.6 Å². The van der Waals surface area contributed by atoms with Crippen LogP contribution in [0.25, 0.3) is 28.4 Å². The number of hydrogen-bond acceptors (Lipinski definition) is 13. The van der Waals surface area contributed by atoms with E-state index in [0.717, 1.165) is 30.3 Å². The first-order valence-electron chi connectivity index (χ1n) is 12.8. The first kappa shape index (κ1) is 29.4. The Labute approximate surface area is 242 Å². The van der Waals surface area contributed by atoms with Gasteiger partial charge in [-0.2, -0.15) is 0 Å². The van der Waals surface area contributed by atoms with Gasteiger partial charge in [-0.25, -0.2) is 4.79 Å². The lowest BCUT2D eigenvalue weighted by molar-refractivity contribution is -0.239. The highest BCUT2D eigenvalue weighted by atomic mass is 16.6. The number of carbonyl (C=O) groups is 1. The summed E-state index contributed by atoms with van der Waals surface area (Å²) in [5.41, 5.74) is -0.955. The molecule has 4 aromatic rings. The number of hydrogen-bond donors (Lipinski definition) is 8. The predicted molar refractivity (Wildman–Crippen MR) is 148 cm³/mol. The summed E-state index contributed by atoms with van der Waals surface area (Å²) in [6.45, 7) is -0.797. The summed E-state index contributed by atoms with van der Waals surface area (Å²) in [5.74, 6) is -3.51. The standard InChI is InChI=1S/C30H26O13/c31-12-22-26(39)27(40)30(43-23(38)8-3-13-1-5-15(32)6-2-13)29(42-22)25-19(36)10-18(35)24-20(37)11-21(41-28(24)25)14-4-7-16(33)17(34)9-14/h1-11,22,26-27,29-36,39-40H,12H2/b8-3+/t22-,26?,27+,29+,30?/m1/s1. The molecule has 0 saturated carbocycles. The molecule has 224 valence electrons. The maximum atomic E-state index is 13.1. The van der Waals surface area contributed by atoms with Crippen LogP contribution in [0.1, 0.15) is 17.2 Å². The Morgan fingerprint density at radius 1 is 0.860 bits per heavy atom. The second-order valence-electron chi connectivity index (χ2n) is 9.80. The topological polar surface area (TPSA) is 228 Å². The normalized spacial score (nSPS) is 22.2. The zero-order valence-corrected chi connectivity index (χ0v) is 22.1. The van der Waals surface area contributed by atoms with Gasteiger partial charge in [-0.15, -0.1) is 0 Å². The van der Waals surface area contributed by atoms with E-state index >= 15 is 0 Å². The van der Waals surface area contributed by atoms with Gasteiger partial charge < -0.3 is 54.7 Å². The van der Waals surface area contributed by atoms with E-state index in [9.17, 15) is 50.4 Å². The number of benzene rings is 3. The Hall–Kier alpha value is -5.08. The number of ether oxygens (including phenoxy) is 2. The number of phenolic OH excluding ortho intramolecular Hbond substituents is 5. The molecule has 1 saturated heterocycles. The van der Waals surface area contributed by atoms with Gasteiger partial charge in [0, 0.05) is 23.8 Å². The van der Waals surface area contributed by atoms with Crippen LogP contribution in [0.3, 0.4) is 0 Å². The predicted octanol–water partition coefficient (Wildman–Crippen LogP) is 1.77. The van der Waals surface area contributed by atoms with Crippen molar-refractivity contribution in [3.05, 3.63) is 82.0 Å². The molecule has 3 aromatic carbocycles. The van der Waals surface area contributed by atoms with Crippen molar-refractivity contribution in [3.8, 4) is 40.1 Å². The summed E-state index contributed by atoms with van der Waals surface area (Å²) in [6.07, 6.45) is -6.08. The summed E-state index contributed by atoms with van der Waals surface area (Å²) in [6, 6.07) is 11.2. The van der Waals surface area contributed by atoms with Crippen molar-refractivity contribution in [1.29, 1.82) is 0 Å². The summed E-state index contributed by atoms with van der Waals surface area (Å²) in [5, 5.41) is 81.4.